The first-order chi connectivity index (χ1) is 8.18. The standard InChI is InChI=1S/C12H22O6/c1-11(2,14)17-7-5-15-10(9(7)13)8-6-16-12(3,4)18-8/h7-10,13-14H,5-6H2,1-4H3. The Morgan fingerprint density at radius 1 is 1.28 bits per heavy atom. The van der Waals surface area contributed by atoms with E-state index in [0.717, 1.165) is 0 Å². The van der Waals surface area contributed by atoms with E-state index in [-0.39, 0.29) is 12.7 Å². The molecule has 6 nitrogen and oxygen atoms in total. The summed E-state index contributed by atoms with van der Waals surface area (Å²) in [5, 5.41) is 19.7. The molecule has 0 aromatic carbocycles. The third-order valence-electron chi connectivity index (χ3n) is 3.01. The summed E-state index contributed by atoms with van der Waals surface area (Å²) < 4.78 is 21.9. The molecule has 6 heteroatoms. The summed E-state index contributed by atoms with van der Waals surface area (Å²) in [5.41, 5.74) is 0. The highest BCUT2D eigenvalue weighted by molar-refractivity contribution is 4.92. The fourth-order valence-electron chi connectivity index (χ4n) is 2.29. The van der Waals surface area contributed by atoms with Gasteiger partial charge in [-0.1, -0.05) is 0 Å². The van der Waals surface area contributed by atoms with Crippen molar-refractivity contribution >= 4 is 0 Å². The minimum Gasteiger partial charge on any atom is -0.387 e. The van der Waals surface area contributed by atoms with Crippen molar-refractivity contribution in [1.29, 1.82) is 0 Å². The molecule has 2 aliphatic heterocycles. The average Bonchev–Trinajstić information content (AvgIpc) is 2.70. The molecule has 2 saturated heterocycles. The van der Waals surface area contributed by atoms with Crippen LogP contribution in [0.25, 0.3) is 0 Å². The van der Waals surface area contributed by atoms with Gasteiger partial charge in [-0.25, -0.2) is 0 Å². The Labute approximate surface area is 107 Å². The maximum Gasteiger partial charge on any atom is 0.163 e. The summed E-state index contributed by atoms with van der Waals surface area (Å²) in [5.74, 6) is -1.95. The van der Waals surface area contributed by atoms with Crippen LogP contribution in [-0.4, -0.2) is 59.4 Å². The van der Waals surface area contributed by atoms with Gasteiger partial charge in [-0.2, -0.15) is 0 Å². The van der Waals surface area contributed by atoms with Crippen LogP contribution in [0.4, 0.5) is 0 Å². The molecular weight excluding hydrogens is 240 g/mol. The third kappa shape index (κ3) is 3.20. The molecule has 4 atom stereocenters. The Bertz CT molecular complexity index is 297. The van der Waals surface area contributed by atoms with Crippen LogP contribution in [0.15, 0.2) is 0 Å². The Morgan fingerprint density at radius 2 is 1.94 bits per heavy atom. The van der Waals surface area contributed by atoms with E-state index in [1.165, 1.54) is 13.8 Å². The van der Waals surface area contributed by atoms with Gasteiger partial charge in [0, 0.05) is 0 Å². The Balaban J connectivity index is 1.93. The molecule has 106 valence electrons. The van der Waals surface area contributed by atoms with Crippen molar-refractivity contribution in [2.45, 2.75) is 63.7 Å². The second kappa shape index (κ2) is 4.70. The molecule has 0 aliphatic carbocycles. The number of aliphatic hydroxyl groups is 2. The lowest BCUT2D eigenvalue weighted by molar-refractivity contribution is -0.219. The van der Waals surface area contributed by atoms with E-state index in [1.807, 2.05) is 13.8 Å². The van der Waals surface area contributed by atoms with Crippen molar-refractivity contribution in [2.24, 2.45) is 0 Å². The van der Waals surface area contributed by atoms with Crippen LogP contribution in [0.5, 0.6) is 0 Å². The summed E-state index contributed by atoms with van der Waals surface area (Å²) in [6.07, 6.45) is -2.19. The van der Waals surface area contributed by atoms with Gasteiger partial charge in [0.15, 0.2) is 11.6 Å². The van der Waals surface area contributed by atoms with Gasteiger partial charge in [-0.15, -0.1) is 0 Å². The first-order valence-electron chi connectivity index (χ1n) is 6.20. The molecule has 2 fully saturated rings. The molecule has 0 bridgehead atoms. The van der Waals surface area contributed by atoms with Gasteiger partial charge in [-0.3, -0.25) is 0 Å². The van der Waals surface area contributed by atoms with E-state index in [1.54, 1.807) is 0 Å². The molecule has 2 rings (SSSR count). The van der Waals surface area contributed by atoms with Gasteiger partial charge < -0.3 is 29.2 Å². The normalized spacial score (nSPS) is 40.3. The van der Waals surface area contributed by atoms with Crippen LogP contribution < -0.4 is 0 Å². The number of aliphatic hydroxyl groups excluding tert-OH is 1. The topological polar surface area (TPSA) is 77.4 Å². The van der Waals surface area contributed by atoms with Gasteiger partial charge in [0.25, 0.3) is 0 Å². The molecule has 4 unspecified atom stereocenters. The highest BCUT2D eigenvalue weighted by atomic mass is 16.8. The SMILES string of the molecule is CC(C)(O)OC1COC(C2COC(C)(C)O2)C1O. The molecule has 0 aromatic heterocycles. The smallest absolute Gasteiger partial charge is 0.163 e. The fourth-order valence-corrected chi connectivity index (χ4v) is 2.29. The minimum atomic E-state index is -1.30. The highest BCUT2D eigenvalue weighted by Crippen LogP contribution is 2.31. The van der Waals surface area contributed by atoms with Crippen LogP contribution in [-0.2, 0) is 18.9 Å². The predicted octanol–water partition coefficient (Wildman–Crippen LogP) is 0.0112. The summed E-state index contributed by atoms with van der Waals surface area (Å²) >= 11 is 0. The van der Waals surface area contributed by atoms with E-state index in [0.29, 0.717) is 6.61 Å². The van der Waals surface area contributed by atoms with Crippen LogP contribution in [0, 0.1) is 0 Å². The first-order valence-corrected chi connectivity index (χ1v) is 6.20. The van der Waals surface area contributed by atoms with Gasteiger partial charge in [0.2, 0.25) is 0 Å². The number of hydrogen-bond acceptors (Lipinski definition) is 6. The first kappa shape index (κ1) is 14.2. The molecule has 0 spiro atoms. The molecule has 18 heavy (non-hydrogen) atoms. The van der Waals surface area contributed by atoms with Crippen LogP contribution in [0.1, 0.15) is 27.7 Å². The molecule has 2 aliphatic rings. The van der Waals surface area contributed by atoms with Crippen molar-refractivity contribution in [2.75, 3.05) is 13.2 Å². The van der Waals surface area contributed by atoms with Gasteiger partial charge in [0.05, 0.1) is 13.2 Å². The van der Waals surface area contributed by atoms with Crippen LogP contribution in [0.3, 0.4) is 0 Å². The Kier molecular flexibility index (Phi) is 3.70. The van der Waals surface area contributed by atoms with E-state index in [2.05, 4.69) is 0 Å². The largest absolute Gasteiger partial charge is 0.387 e. The quantitative estimate of drug-likeness (QED) is 0.698. The van der Waals surface area contributed by atoms with Crippen molar-refractivity contribution in [3.8, 4) is 0 Å². The van der Waals surface area contributed by atoms with Crippen molar-refractivity contribution in [3.05, 3.63) is 0 Å². The summed E-state index contributed by atoms with van der Waals surface area (Å²) in [6.45, 7) is 7.29. The van der Waals surface area contributed by atoms with E-state index in [9.17, 15) is 10.2 Å². The van der Waals surface area contributed by atoms with E-state index < -0.39 is 29.9 Å². The maximum absolute atomic E-state index is 10.1. The molecule has 2 heterocycles. The van der Waals surface area contributed by atoms with E-state index in [4.69, 9.17) is 18.9 Å². The maximum atomic E-state index is 10.1. The highest BCUT2D eigenvalue weighted by Gasteiger charge is 2.48. The molecule has 0 saturated carbocycles. The van der Waals surface area contributed by atoms with Crippen LogP contribution >= 0.6 is 0 Å². The van der Waals surface area contributed by atoms with Crippen molar-refractivity contribution in [3.63, 3.8) is 0 Å². The second-order valence-corrected chi connectivity index (χ2v) is 5.76. The number of ether oxygens (including phenoxy) is 4. The summed E-state index contributed by atoms with van der Waals surface area (Å²) in [4.78, 5) is 0. The number of rotatable bonds is 3. The fraction of sp³-hybridized carbons (Fsp3) is 1.00. The monoisotopic (exact) mass is 262 g/mol. The van der Waals surface area contributed by atoms with Crippen LogP contribution in [0.2, 0.25) is 0 Å². The second-order valence-electron chi connectivity index (χ2n) is 5.76. The Hall–Kier alpha value is -0.240. The van der Waals surface area contributed by atoms with Crippen molar-refractivity contribution in [1.82, 2.24) is 0 Å². The molecule has 0 aromatic rings. The summed E-state index contributed by atoms with van der Waals surface area (Å²) in [6, 6.07) is 0. The molecule has 0 amide bonds. The zero-order valence-electron chi connectivity index (χ0n) is 11.3. The predicted molar refractivity (Wildman–Crippen MR) is 61.8 cm³/mol. The third-order valence-corrected chi connectivity index (χ3v) is 3.01. The zero-order valence-corrected chi connectivity index (χ0v) is 11.3. The molecule has 2 N–H and O–H groups in total. The molecule has 0 radical (unpaired) electrons. The van der Waals surface area contributed by atoms with Gasteiger partial charge >= 0.3 is 0 Å². The lowest BCUT2D eigenvalue weighted by Crippen LogP contribution is -2.43. The number of hydrogen-bond donors (Lipinski definition) is 2. The van der Waals surface area contributed by atoms with E-state index >= 15 is 0 Å². The lowest BCUT2D eigenvalue weighted by atomic mass is 10.1. The van der Waals surface area contributed by atoms with Gasteiger partial charge in [-0.05, 0) is 27.7 Å². The van der Waals surface area contributed by atoms with Crippen molar-refractivity contribution < 1.29 is 29.2 Å². The Morgan fingerprint density at radius 3 is 2.44 bits per heavy atom. The van der Waals surface area contributed by atoms with Gasteiger partial charge in [0.1, 0.15) is 24.4 Å². The molecular formula is C12H22O6. The lowest BCUT2D eigenvalue weighted by Gasteiger charge is -2.26. The summed E-state index contributed by atoms with van der Waals surface area (Å²) in [7, 11) is 0. The minimum absolute atomic E-state index is 0.232. The average molecular weight is 262 g/mol. The zero-order chi connectivity index (χ0) is 13.6.